The van der Waals surface area contributed by atoms with E-state index in [9.17, 15) is 9.59 Å². The summed E-state index contributed by atoms with van der Waals surface area (Å²) in [6.45, 7) is 14.5. The molecule has 1 fully saturated rings. The van der Waals surface area contributed by atoms with Crippen LogP contribution in [0, 0.1) is 37.5 Å². The quantitative estimate of drug-likeness (QED) is 0.385. The van der Waals surface area contributed by atoms with Gasteiger partial charge < -0.3 is 15.8 Å². The largest absolute Gasteiger partial charge is 0.493 e. The van der Waals surface area contributed by atoms with Crippen LogP contribution in [0.3, 0.4) is 0 Å². The topological polar surface area (TPSA) is 97.0 Å². The van der Waals surface area contributed by atoms with E-state index < -0.39 is 5.54 Å². The highest BCUT2D eigenvalue weighted by Crippen LogP contribution is 2.41. The Morgan fingerprint density at radius 3 is 2.46 bits per heavy atom. The third kappa shape index (κ3) is 10.4. The van der Waals surface area contributed by atoms with Gasteiger partial charge in [-0.2, -0.15) is 0 Å². The zero-order valence-electron chi connectivity index (χ0n) is 24.2. The number of para-hydroxylation sites is 1. The summed E-state index contributed by atoms with van der Waals surface area (Å²) in [5.74, 6) is 1.23. The summed E-state index contributed by atoms with van der Waals surface area (Å²) < 4.78 is 5.66. The van der Waals surface area contributed by atoms with Crippen LogP contribution in [0.4, 0.5) is 0 Å². The van der Waals surface area contributed by atoms with Crippen LogP contribution < -0.4 is 15.8 Å². The van der Waals surface area contributed by atoms with Gasteiger partial charge >= 0.3 is 0 Å². The van der Waals surface area contributed by atoms with Crippen LogP contribution in [0.5, 0.6) is 5.75 Å². The number of aliphatic imine (C=N–C) groups is 1. The molecule has 1 saturated carbocycles. The lowest BCUT2D eigenvalue weighted by atomic mass is 9.93. The Kier molecular flexibility index (Phi) is 16.4. The van der Waals surface area contributed by atoms with Crippen molar-refractivity contribution in [3.05, 3.63) is 54.6 Å². The molecule has 7 heteroatoms. The predicted octanol–water partition coefficient (Wildman–Crippen LogP) is 5.25. The second-order valence-corrected chi connectivity index (χ2v) is 9.10. The van der Waals surface area contributed by atoms with Gasteiger partial charge in [-0.25, -0.2) is 4.99 Å². The summed E-state index contributed by atoms with van der Waals surface area (Å²) in [4.78, 5) is 31.3. The van der Waals surface area contributed by atoms with Crippen LogP contribution >= 0.6 is 0 Å². The monoisotopic (exact) mass is 534 g/mol. The van der Waals surface area contributed by atoms with Crippen molar-refractivity contribution in [2.75, 3.05) is 13.2 Å². The van der Waals surface area contributed by atoms with E-state index >= 15 is 0 Å². The fraction of sp³-hybridized carbons (Fsp3) is 0.469. The van der Waals surface area contributed by atoms with Gasteiger partial charge in [0.05, 0.1) is 24.6 Å². The minimum Gasteiger partial charge on any atom is -0.493 e. The maximum atomic E-state index is 12.7. The van der Waals surface area contributed by atoms with Crippen molar-refractivity contribution in [3.8, 4) is 31.4 Å². The van der Waals surface area contributed by atoms with E-state index in [1.165, 1.54) is 0 Å². The van der Waals surface area contributed by atoms with Crippen molar-refractivity contribution >= 4 is 17.8 Å². The number of terminal acetylenes is 2. The summed E-state index contributed by atoms with van der Waals surface area (Å²) >= 11 is 0. The normalized spacial score (nSPS) is 24.0. The molecule has 0 aromatic heterocycles. The molecule has 3 aliphatic rings. The molecule has 39 heavy (non-hydrogen) atoms. The van der Waals surface area contributed by atoms with Gasteiger partial charge in [0, 0.05) is 24.4 Å². The number of rotatable bonds is 6. The number of hydrogen-bond acceptors (Lipinski definition) is 5. The number of nitrogens with two attached hydrogens (primary N) is 1. The van der Waals surface area contributed by atoms with Crippen molar-refractivity contribution in [1.82, 2.24) is 10.2 Å². The van der Waals surface area contributed by atoms with Crippen LogP contribution in [0.15, 0.2) is 54.1 Å². The van der Waals surface area contributed by atoms with Crippen LogP contribution in [0.1, 0.15) is 71.9 Å². The molecule has 4 atom stereocenters. The zero-order valence-corrected chi connectivity index (χ0v) is 24.2. The first-order chi connectivity index (χ1) is 18.8. The molecule has 1 unspecified atom stereocenters. The smallest absolute Gasteiger partial charge is 0.231 e. The van der Waals surface area contributed by atoms with Crippen LogP contribution in [0.25, 0.3) is 0 Å². The average molecular weight is 535 g/mol. The van der Waals surface area contributed by atoms with Crippen molar-refractivity contribution in [2.24, 2.45) is 22.6 Å². The Hall–Kier alpha value is -3.97. The second kappa shape index (κ2) is 18.3. The first-order valence-electron chi connectivity index (χ1n) is 13.4. The fourth-order valence-electron chi connectivity index (χ4n) is 4.24. The number of amides is 2. The Balaban J connectivity index is 0.00000115. The molecule has 212 valence electrons. The molecule has 2 amide bonds. The third-order valence-electron chi connectivity index (χ3n) is 6.54. The van der Waals surface area contributed by atoms with Gasteiger partial charge in [0.2, 0.25) is 11.8 Å². The molecule has 4 rings (SSSR count). The van der Waals surface area contributed by atoms with Gasteiger partial charge in [-0.3, -0.25) is 14.5 Å². The van der Waals surface area contributed by atoms with E-state index in [0.717, 1.165) is 30.6 Å². The van der Waals surface area contributed by atoms with Gasteiger partial charge in [-0.05, 0) is 38.7 Å². The van der Waals surface area contributed by atoms with Crippen molar-refractivity contribution in [3.63, 3.8) is 0 Å². The lowest BCUT2D eigenvalue weighted by Gasteiger charge is -2.34. The van der Waals surface area contributed by atoms with Crippen molar-refractivity contribution in [2.45, 2.75) is 71.9 Å². The second-order valence-electron chi connectivity index (χ2n) is 9.10. The molecular weight excluding hydrogens is 488 g/mol. The van der Waals surface area contributed by atoms with Gasteiger partial charge in [-0.1, -0.05) is 63.8 Å². The third-order valence-corrected chi connectivity index (χ3v) is 6.54. The number of nitrogens with zero attached hydrogens (tertiary/aromatic N) is 2. The highest BCUT2D eigenvalue weighted by Gasteiger charge is 2.47. The molecule has 0 bridgehead atoms. The summed E-state index contributed by atoms with van der Waals surface area (Å²) in [5.41, 5.74) is 6.68. The molecular formula is C32H46N4O3. The summed E-state index contributed by atoms with van der Waals surface area (Å²) in [7, 11) is 0. The first kappa shape index (κ1) is 35.0. The number of fused-ring (bicyclic) bond motifs is 1. The van der Waals surface area contributed by atoms with Gasteiger partial charge in [0.25, 0.3) is 0 Å². The van der Waals surface area contributed by atoms with Gasteiger partial charge in [0.15, 0.2) is 5.96 Å². The number of allylic oxidation sites excluding steroid dienone is 3. The number of benzene rings is 1. The first-order valence-corrected chi connectivity index (χ1v) is 13.4. The number of nitrogens with one attached hydrogen (secondary N) is 1. The average Bonchev–Trinajstić information content (AvgIpc) is 3.75. The highest BCUT2D eigenvalue weighted by atomic mass is 16.5. The molecule has 1 aromatic carbocycles. The minimum atomic E-state index is -0.408. The SMILES string of the molecule is C#C.C#C.C=C/C=C\C.CC.CC[C@]1(C)CC(=O)N(C[C@H]2CC2C(=O)N[C@H]2CCOc3ccccc32)C(N)=N1. The molecule has 3 N–H and O–H groups in total. The molecule has 2 heterocycles. The van der Waals surface area contributed by atoms with E-state index in [1.807, 2.05) is 71.0 Å². The molecule has 2 aliphatic heterocycles. The lowest BCUT2D eigenvalue weighted by molar-refractivity contribution is -0.130. The molecule has 0 spiro atoms. The van der Waals surface area contributed by atoms with E-state index in [1.54, 1.807) is 11.0 Å². The Morgan fingerprint density at radius 2 is 1.92 bits per heavy atom. The van der Waals surface area contributed by atoms with Crippen LogP contribution in [-0.4, -0.2) is 41.4 Å². The predicted molar refractivity (Wildman–Crippen MR) is 162 cm³/mol. The fourth-order valence-corrected chi connectivity index (χ4v) is 4.24. The van der Waals surface area contributed by atoms with Gasteiger partial charge in [-0.15, -0.1) is 25.7 Å². The number of carbonyl (C=O) groups is 2. The number of hydrogen-bond donors (Lipinski definition) is 2. The molecule has 7 nitrogen and oxygen atoms in total. The van der Waals surface area contributed by atoms with E-state index in [2.05, 4.69) is 42.6 Å². The Morgan fingerprint density at radius 1 is 1.28 bits per heavy atom. The van der Waals surface area contributed by atoms with Gasteiger partial charge in [0.1, 0.15) is 5.75 Å². The Labute approximate surface area is 236 Å². The van der Waals surface area contributed by atoms with Crippen LogP contribution in [0.2, 0.25) is 0 Å². The van der Waals surface area contributed by atoms with Crippen LogP contribution in [-0.2, 0) is 9.59 Å². The maximum Gasteiger partial charge on any atom is 0.231 e. The molecule has 1 aromatic rings. The van der Waals surface area contributed by atoms with E-state index in [-0.39, 0.29) is 35.7 Å². The number of carbonyl (C=O) groups excluding carboxylic acids is 2. The highest BCUT2D eigenvalue weighted by molar-refractivity contribution is 5.99. The molecule has 0 radical (unpaired) electrons. The standard InChI is InChI=1S/C21H28N4O3.C5H8.C2H6.2C2H2/c1-3-21(2)11-18(26)25(20(22)24-21)12-13-10-15(13)19(27)23-16-8-9-28-17-7-5-4-6-14(16)17;1-3-5-4-2;3*1-2/h4-7,13,15-16H,3,8-12H2,1-2H3,(H2,22,24)(H,23,27);3-5H,1H2,2H3;1-2H3;2*1-2H/b;5-4-;;;/t13-,15?,16+,21-;;;;/m1..../s1. The number of ether oxygens (including phenoxy) is 1. The summed E-state index contributed by atoms with van der Waals surface area (Å²) in [6, 6.07) is 7.80. The summed E-state index contributed by atoms with van der Waals surface area (Å²) in [6.07, 6.45) is 24.3. The zero-order chi connectivity index (χ0) is 30.0. The molecule has 0 saturated heterocycles. The van der Waals surface area contributed by atoms with Crippen molar-refractivity contribution in [1.29, 1.82) is 0 Å². The molecule has 1 aliphatic carbocycles. The maximum absolute atomic E-state index is 12.7. The number of guanidine groups is 1. The summed E-state index contributed by atoms with van der Waals surface area (Å²) in [5, 5.41) is 3.17. The van der Waals surface area contributed by atoms with E-state index in [0.29, 0.717) is 19.6 Å². The van der Waals surface area contributed by atoms with E-state index in [4.69, 9.17) is 10.5 Å². The van der Waals surface area contributed by atoms with Crippen molar-refractivity contribution < 1.29 is 14.3 Å². The lowest BCUT2D eigenvalue weighted by Crippen LogP contribution is -2.51. The Bertz CT molecular complexity index is 1020. The minimum absolute atomic E-state index is 0.00117.